The van der Waals surface area contributed by atoms with Gasteiger partial charge in [-0.25, -0.2) is 4.98 Å². The maximum Gasteiger partial charge on any atom is 0.194 e. The van der Waals surface area contributed by atoms with E-state index in [4.69, 9.17) is 0 Å². The minimum Gasteiger partial charge on any atom is -0.384 e. The Labute approximate surface area is 122 Å². The molecule has 3 aromatic rings. The number of thiazole rings is 1. The first-order chi connectivity index (χ1) is 9.58. The number of hydrogen-bond acceptors (Lipinski definition) is 3. The fourth-order valence-electron chi connectivity index (χ4n) is 2.49. The summed E-state index contributed by atoms with van der Waals surface area (Å²) in [5.41, 5.74) is 2.37. The van der Waals surface area contributed by atoms with Crippen molar-refractivity contribution in [2.75, 3.05) is 0 Å². The first-order valence-corrected chi connectivity index (χ1v) is 7.64. The Kier molecular flexibility index (Phi) is 3.36. The molecular formula is C16H18N2OS. The highest BCUT2D eigenvalue weighted by molar-refractivity contribution is 7.15. The van der Waals surface area contributed by atoms with Crippen LogP contribution in [0.5, 0.6) is 0 Å². The van der Waals surface area contributed by atoms with Crippen LogP contribution in [-0.4, -0.2) is 14.5 Å². The second-order valence-electron chi connectivity index (χ2n) is 5.40. The molecule has 0 radical (unpaired) electrons. The fourth-order valence-corrected chi connectivity index (χ4v) is 3.33. The maximum atomic E-state index is 10.8. The van der Waals surface area contributed by atoms with E-state index in [2.05, 4.69) is 26.9 Å². The van der Waals surface area contributed by atoms with Crippen LogP contribution in [0, 0.1) is 6.92 Å². The fraction of sp³-hybridized carbons (Fsp3) is 0.312. The SMILES string of the molecule is Cc1csc2ncc(C(C)(O)CCc3ccccc3)n12. The molecule has 20 heavy (non-hydrogen) atoms. The molecule has 1 N–H and O–H groups in total. The normalized spacial score (nSPS) is 14.6. The molecule has 0 bridgehead atoms. The Bertz CT molecular complexity index is 712. The summed E-state index contributed by atoms with van der Waals surface area (Å²) in [4.78, 5) is 5.32. The van der Waals surface area contributed by atoms with Crippen molar-refractivity contribution >= 4 is 16.3 Å². The monoisotopic (exact) mass is 286 g/mol. The third-order valence-electron chi connectivity index (χ3n) is 3.71. The van der Waals surface area contributed by atoms with Crippen molar-refractivity contribution in [2.45, 2.75) is 32.3 Å². The summed E-state index contributed by atoms with van der Waals surface area (Å²) in [6.45, 7) is 3.92. The van der Waals surface area contributed by atoms with Gasteiger partial charge in [0.1, 0.15) is 5.60 Å². The highest BCUT2D eigenvalue weighted by Crippen LogP contribution is 2.29. The highest BCUT2D eigenvalue weighted by atomic mass is 32.1. The first kappa shape index (κ1) is 13.3. The summed E-state index contributed by atoms with van der Waals surface area (Å²) < 4.78 is 2.05. The van der Waals surface area contributed by atoms with E-state index in [0.717, 1.165) is 22.8 Å². The molecule has 0 aliphatic heterocycles. The van der Waals surface area contributed by atoms with Crippen LogP contribution in [0.3, 0.4) is 0 Å². The highest BCUT2D eigenvalue weighted by Gasteiger charge is 2.27. The first-order valence-electron chi connectivity index (χ1n) is 6.76. The summed E-state index contributed by atoms with van der Waals surface area (Å²) >= 11 is 1.61. The molecule has 2 aromatic heterocycles. The van der Waals surface area contributed by atoms with Crippen LogP contribution >= 0.6 is 11.3 Å². The van der Waals surface area contributed by atoms with Crippen molar-refractivity contribution in [1.29, 1.82) is 0 Å². The van der Waals surface area contributed by atoms with E-state index < -0.39 is 5.60 Å². The van der Waals surface area contributed by atoms with Gasteiger partial charge in [-0.2, -0.15) is 0 Å². The van der Waals surface area contributed by atoms with Gasteiger partial charge in [-0.1, -0.05) is 30.3 Å². The molecule has 3 rings (SSSR count). The van der Waals surface area contributed by atoms with Gasteiger partial charge in [0.25, 0.3) is 0 Å². The number of hydrogen-bond donors (Lipinski definition) is 1. The van der Waals surface area contributed by atoms with Gasteiger partial charge in [0.2, 0.25) is 0 Å². The van der Waals surface area contributed by atoms with E-state index in [0.29, 0.717) is 6.42 Å². The maximum absolute atomic E-state index is 10.8. The Hall–Kier alpha value is -1.65. The molecule has 0 aliphatic rings. The van der Waals surface area contributed by atoms with Crippen LogP contribution in [0.1, 0.15) is 30.3 Å². The van der Waals surface area contributed by atoms with Crippen LogP contribution in [0.2, 0.25) is 0 Å². The second-order valence-corrected chi connectivity index (χ2v) is 6.23. The lowest BCUT2D eigenvalue weighted by atomic mass is 9.94. The van der Waals surface area contributed by atoms with Gasteiger partial charge in [-0.05, 0) is 32.3 Å². The number of benzene rings is 1. The smallest absolute Gasteiger partial charge is 0.194 e. The number of fused-ring (bicyclic) bond motifs is 1. The summed E-state index contributed by atoms with van der Waals surface area (Å²) in [5, 5.41) is 12.9. The zero-order chi connectivity index (χ0) is 14.2. The molecule has 0 fully saturated rings. The van der Waals surface area contributed by atoms with Gasteiger partial charge in [-0.3, -0.25) is 4.40 Å². The Morgan fingerprint density at radius 2 is 2.05 bits per heavy atom. The molecule has 0 aliphatic carbocycles. The predicted octanol–water partition coefficient (Wildman–Crippen LogP) is 3.54. The van der Waals surface area contributed by atoms with Crippen molar-refractivity contribution in [3.8, 4) is 0 Å². The van der Waals surface area contributed by atoms with Gasteiger partial charge in [-0.15, -0.1) is 11.3 Å². The summed E-state index contributed by atoms with van der Waals surface area (Å²) in [7, 11) is 0. The average Bonchev–Trinajstić information content (AvgIpc) is 3.02. The molecule has 0 spiro atoms. The number of rotatable bonds is 4. The number of aromatic nitrogens is 2. The van der Waals surface area contributed by atoms with Crippen LogP contribution in [0.4, 0.5) is 0 Å². The van der Waals surface area contributed by atoms with E-state index in [9.17, 15) is 5.11 Å². The molecule has 3 nitrogen and oxygen atoms in total. The Morgan fingerprint density at radius 1 is 1.30 bits per heavy atom. The summed E-state index contributed by atoms with van der Waals surface area (Å²) in [6.07, 6.45) is 3.33. The largest absolute Gasteiger partial charge is 0.384 e. The van der Waals surface area contributed by atoms with Crippen molar-refractivity contribution in [3.05, 3.63) is 58.9 Å². The quantitative estimate of drug-likeness (QED) is 0.796. The summed E-state index contributed by atoms with van der Waals surface area (Å²) in [6, 6.07) is 10.3. The van der Waals surface area contributed by atoms with E-state index in [1.54, 1.807) is 17.5 Å². The van der Waals surface area contributed by atoms with Gasteiger partial charge < -0.3 is 5.11 Å². The molecular weight excluding hydrogens is 268 g/mol. The molecule has 1 aromatic carbocycles. The topological polar surface area (TPSA) is 37.5 Å². The lowest BCUT2D eigenvalue weighted by molar-refractivity contribution is 0.0426. The minimum atomic E-state index is -0.874. The van der Waals surface area contributed by atoms with Crippen molar-refractivity contribution in [1.82, 2.24) is 9.38 Å². The standard InChI is InChI=1S/C16H18N2OS/c1-12-11-20-15-17-10-14(18(12)15)16(2,19)9-8-13-6-4-3-5-7-13/h3-7,10-11,19H,8-9H2,1-2H3. The van der Waals surface area contributed by atoms with Crippen molar-refractivity contribution in [3.63, 3.8) is 0 Å². The molecule has 2 heterocycles. The third kappa shape index (κ3) is 2.37. The van der Waals surface area contributed by atoms with Crippen molar-refractivity contribution in [2.24, 2.45) is 0 Å². The van der Waals surface area contributed by atoms with Crippen LogP contribution in [0.25, 0.3) is 4.96 Å². The predicted molar refractivity (Wildman–Crippen MR) is 82.1 cm³/mol. The van der Waals surface area contributed by atoms with E-state index in [1.165, 1.54) is 5.56 Å². The van der Waals surface area contributed by atoms with E-state index in [-0.39, 0.29) is 0 Å². The molecule has 1 atom stereocenters. The van der Waals surface area contributed by atoms with E-state index >= 15 is 0 Å². The third-order valence-corrected chi connectivity index (χ3v) is 4.67. The Balaban J connectivity index is 1.86. The Morgan fingerprint density at radius 3 is 2.80 bits per heavy atom. The van der Waals surface area contributed by atoms with E-state index in [1.807, 2.05) is 32.0 Å². The number of nitrogens with zero attached hydrogens (tertiary/aromatic N) is 2. The molecule has 0 amide bonds. The number of imidazole rings is 1. The average molecular weight is 286 g/mol. The molecule has 0 saturated heterocycles. The molecule has 0 saturated carbocycles. The summed E-state index contributed by atoms with van der Waals surface area (Å²) in [5.74, 6) is 0. The van der Waals surface area contributed by atoms with Gasteiger partial charge in [0.05, 0.1) is 11.9 Å². The van der Waals surface area contributed by atoms with Crippen LogP contribution in [-0.2, 0) is 12.0 Å². The number of aryl methyl sites for hydroxylation is 2. The van der Waals surface area contributed by atoms with Crippen molar-refractivity contribution < 1.29 is 5.11 Å². The minimum absolute atomic E-state index is 0.681. The zero-order valence-corrected chi connectivity index (χ0v) is 12.5. The van der Waals surface area contributed by atoms with Crippen LogP contribution < -0.4 is 0 Å². The number of aliphatic hydroxyl groups is 1. The van der Waals surface area contributed by atoms with Crippen LogP contribution in [0.15, 0.2) is 41.9 Å². The van der Waals surface area contributed by atoms with Gasteiger partial charge in [0.15, 0.2) is 4.96 Å². The lowest BCUT2D eigenvalue weighted by Gasteiger charge is -2.23. The lowest BCUT2D eigenvalue weighted by Crippen LogP contribution is -2.24. The van der Waals surface area contributed by atoms with Gasteiger partial charge in [0, 0.05) is 11.1 Å². The molecule has 1 unspecified atom stereocenters. The molecule has 104 valence electrons. The second kappa shape index (κ2) is 5.04. The zero-order valence-electron chi connectivity index (χ0n) is 11.7. The van der Waals surface area contributed by atoms with Gasteiger partial charge >= 0.3 is 0 Å². The molecule has 4 heteroatoms.